The van der Waals surface area contributed by atoms with Crippen LogP contribution in [-0.2, 0) is 11.2 Å². The maximum absolute atomic E-state index is 13.1. The molecule has 2 aromatic carbocycles. The van der Waals surface area contributed by atoms with Crippen LogP contribution in [0.3, 0.4) is 0 Å². The molecule has 3 aromatic rings. The lowest BCUT2D eigenvalue weighted by molar-refractivity contribution is -0.117. The average molecular weight is 375 g/mol. The van der Waals surface area contributed by atoms with E-state index in [1.54, 1.807) is 11.3 Å². The topological polar surface area (TPSA) is 37.3 Å². The number of allylic oxidation sites excluding steroid dienone is 2. The second-order valence-corrected chi connectivity index (χ2v) is 8.61. The van der Waals surface area contributed by atoms with E-state index in [-0.39, 0.29) is 17.6 Å². The fraction of sp³-hybridized carbons (Fsp3) is 0.292. The minimum atomic E-state index is 0.0937. The monoisotopic (exact) mass is 374 g/mol. The van der Waals surface area contributed by atoms with Crippen molar-refractivity contribution in [2.45, 2.75) is 32.6 Å². The standard InChI is InChI=1S/C24H22O2S/c1-2-14-7-8-15(20-13-27-21-6-4-3-5-18(20)21)12-19(14)22-23(25)16-9-10-17(11-16)24(22)26/h3-8,12-13,16-17,25H,2,9-11H2,1H3. The van der Waals surface area contributed by atoms with E-state index in [9.17, 15) is 9.90 Å². The van der Waals surface area contributed by atoms with Crippen molar-refractivity contribution in [2.75, 3.05) is 0 Å². The number of carbonyl (C=O) groups excluding carboxylic acids is 1. The lowest BCUT2D eigenvalue weighted by atomic mass is 9.81. The molecule has 27 heavy (non-hydrogen) atoms. The number of thiophene rings is 1. The first-order valence-electron chi connectivity index (χ1n) is 9.74. The number of aliphatic hydroxyl groups is 1. The summed E-state index contributed by atoms with van der Waals surface area (Å²) in [5.74, 6) is 0.730. The van der Waals surface area contributed by atoms with Crippen LogP contribution >= 0.6 is 11.3 Å². The summed E-state index contributed by atoms with van der Waals surface area (Å²) in [6.45, 7) is 2.11. The Labute approximate surface area is 163 Å². The fourth-order valence-corrected chi connectivity index (χ4v) is 5.73. The summed E-state index contributed by atoms with van der Waals surface area (Å²) >= 11 is 1.74. The van der Waals surface area contributed by atoms with Crippen molar-refractivity contribution in [1.29, 1.82) is 0 Å². The fourth-order valence-electron chi connectivity index (χ4n) is 4.76. The zero-order valence-electron chi connectivity index (χ0n) is 15.4. The van der Waals surface area contributed by atoms with Gasteiger partial charge in [-0.3, -0.25) is 4.79 Å². The van der Waals surface area contributed by atoms with Crippen LogP contribution in [0, 0.1) is 11.8 Å². The van der Waals surface area contributed by atoms with Gasteiger partial charge in [-0.2, -0.15) is 0 Å². The number of benzene rings is 2. The van der Waals surface area contributed by atoms with Gasteiger partial charge in [0.25, 0.3) is 0 Å². The molecule has 2 unspecified atom stereocenters. The summed E-state index contributed by atoms with van der Waals surface area (Å²) in [6, 6.07) is 14.8. The number of carbonyl (C=O) groups is 1. The van der Waals surface area contributed by atoms with Crippen molar-refractivity contribution in [3.8, 4) is 11.1 Å². The van der Waals surface area contributed by atoms with Crippen molar-refractivity contribution in [3.05, 3.63) is 64.7 Å². The van der Waals surface area contributed by atoms with E-state index in [0.29, 0.717) is 11.3 Å². The molecule has 2 nitrogen and oxygen atoms in total. The first kappa shape index (κ1) is 16.8. The summed E-state index contributed by atoms with van der Waals surface area (Å²) in [6.07, 6.45) is 3.51. The second kappa shape index (κ2) is 6.35. The van der Waals surface area contributed by atoms with Crippen LogP contribution in [0.1, 0.15) is 37.3 Å². The van der Waals surface area contributed by atoms with E-state index in [4.69, 9.17) is 0 Å². The molecule has 0 radical (unpaired) electrons. The molecule has 0 spiro atoms. The van der Waals surface area contributed by atoms with Crippen LogP contribution in [-0.4, -0.2) is 10.9 Å². The molecule has 1 N–H and O–H groups in total. The first-order chi connectivity index (χ1) is 13.2. The highest BCUT2D eigenvalue weighted by Crippen LogP contribution is 2.46. The normalized spacial score (nSPS) is 22.0. The Hall–Kier alpha value is -2.39. The smallest absolute Gasteiger partial charge is 0.169 e. The largest absolute Gasteiger partial charge is 0.511 e. The molecule has 1 saturated carbocycles. The maximum Gasteiger partial charge on any atom is 0.169 e. The number of aliphatic hydroxyl groups excluding tert-OH is 1. The van der Waals surface area contributed by atoms with Gasteiger partial charge in [0.15, 0.2) is 5.78 Å². The van der Waals surface area contributed by atoms with Crippen LogP contribution in [0.2, 0.25) is 0 Å². The Morgan fingerprint density at radius 2 is 1.89 bits per heavy atom. The van der Waals surface area contributed by atoms with E-state index in [1.165, 1.54) is 15.6 Å². The molecule has 0 aliphatic heterocycles. The van der Waals surface area contributed by atoms with Crippen molar-refractivity contribution >= 4 is 32.8 Å². The molecule has 1 fully saturated rings. The van der Waals surface area contributed by atoms with Crippen molar-refractivity contribution in [1.82, 2.24) is 0 Å². The Balaban J connectivity index is 1.70. The molecule has 2 atom stereocenters. The average Bonchev–Trinajstić information content (AvgIpc) is 3.33. The summed E-state index contributed by atoms with van der Waals surface area (Å²) in [7, 11) is 0. The summed E-state index contributed by atoms with van der Waals surface area (Å²) in [4.78, 5) is 13.1. The van der Waals surface area contributed by atoms with E-state index in [0.717, 1.165) is 42.4 Å². The third-order valence-corrected chi connectivity index (χ3v) is 7.21. The van der Waals surface area contributed by atoms with Crippen LogP contribution in [0.4, 0.5) is 0 Å². The highest BCUT2D eigenvalue weighted by atomic mass is 32.1. The molecular formula is C24H22O2S. The van der Waals surface area contributed by atoms with Crippen LogP contribution in [0.25, 0.3) is 26.8 Å². The van der Waals surface area contributed by atoms with E-state index < -0.39 is 0 Å². The third-order valence-electron chi connectivity index (χ3n) is 6.24. The Morgan fingerprint density at radius 1 is 1.07 bits per heavy atom. The zero-order valence-corrected chi connectivity index (χ0v) is 16.2. The highest BCUT2D eigenvalue weighted by molar-refractivity contribution is 7.17. The van der Waals surface area contributed by atoms with E-state index >= 15 is 0 Å². The lowest BCUT2D eigenvalue weighted by Gasteiger charge is -2.23. The number of rotatable bonds is 3. The van der Waals surface area contributed by atoms with E-state index in [1.807, 2.05) is 0 Å². The molecule has 2 aliphatic carbocycles. The van der Waals surface area contributed by atoms with Crippen molar-refractivity contribution in [2.24, 2.45) is 11.8 Å². The number of aryl methyl sites for hydroxylation is 1. The molecule has 136 valence electrons. The van der Waals surface area contributed by atoms with Crippen LogP contribution < -0.4 is 0 Å². The first-order valence-corrected chi connectivity index (χ1v) is 10.6. The highest BCUT2D eigenvalue weighted by Gasteiger charge is 2.41. The summed E-state index contributed by atoms with van der Waals surface area (Å²) in [5, 5.41) is 14.3. The molecular weight excluding hydrogens is 352 g/mol. The van der Waals surface area contributed by atoms with Crippen LogP contribution in [0.5, 0.6) is 0 Å². The Kier molecular flexibility index (Phi) is 3.94. The van der Waals surface area contributed by atoms with Gasteiger partial charge in [0.05, 0.1) is 5.57 Å². The van der Waals surface area contributed by atoms with Gasteiger partial charge in [-0.15, -0.1) is 11.3 Å². The summed E-state index contributed by atoms with van der Waals surface area (Å²) < 4.78 is 1.27. The van der Waals surface area contributed by atoms with Gasteiger partial charge in [-0.1, -0.05) is 37.3 Å². The van der Waals surface area contributed by atoms with Gasteiger partial charge in [0.2, 0.25) is 0 Å². The molecule has 5 rings (SSSR count). The molecule has 3 heteroatoms. The number of Topliss-reactive ketones (excluding diaryl/α,β-unsaturated/α-hetero) is 1. The Bertz CT molecular complexity index is 1090. The Morgan fingerprint density at radius 3 is 2.74 bits per heavy atom. The molecule has 2 bridgehead atoms. The second-order valence-electron chi connectivity index (χ2n) is 7.70. The third kappa shape index (κ3) is 2.56. The number of hydrogen-bond donors (Lipinski definition) is 1. The van der Waals surface area contributed by atoms with Crippen molar-refractivity contribution < 1.29 is 9.90 Å². The minimum Gasteiger partial charge on any atom is -0.511 e. The van der Waals surface area contributed by atoms with Crippen molar-refractivity contribution in [3.63, 3.8) is 0 Å². The predicted octanol–water partition coefficient (Wildman–Crippen LogP) is 6.40. The number of hydrogen-bond acceptors (Lipinski definition) is 3. The van der Waals surface area contributed by atoms with Gasteiger partial charge in [-0.25, -0.2) is 0 Å². The molecule has 1 heterocycles. The van der Waals surface area contributed by atoms with Gasteiger partial charge in [0, 0.05) is 27.5 Å². The zero-order chi connectivity index (χ0) is 18.5. The van der Waals surface area contributed by atoms with Crippen LogP contribution in [0.15, 0.2) is 53.6 Å². The van der Waals surface area contributed by atoms with Gasteiger partial charge in [-0.05, 0) is 59.9 Å². The summed E-state index contributed by atoms with van der Waals surface area (Å²) in [5.41, 5.74) is 4.97. The van der Waals surface area contributed by atoms with Gasteiger partial charge >= 0.3 is 0 Å². The van der Waals surface area contributed by atoms with E-state index in [2.05, 4.69) is 54.8 Å². The predicted molar refractivity (Wildman–Crippen MR) is 112 cm³/mol. The van der Waals surface area contributed by atoms with Gasteiger partial charge in [0.1, 0.15) is 5.76 Å². The molecule has 2 aliphatic rings. The lowest BCUT2D eigenvalue weighted by Crippen LogP contribution is -2.22. The molecule has 1 aromatic heterocycles. The maximum atomic E-state index is 13.1. The minimum absolute atomic E-state index is 0.0937. The number of fused-ring (bicyclic) bond motifs is 3. The number of ketones is 1. The van der Waals surface area contributed by atoms with Gasteiger partial charge < -0.3 is 5.11 Å². The SMILES string of the molecule is CCc1ccc(-c2csc3ccccc23)cc1C1=C(O)C2CCC(C2)C1=O. The molecule has 0 saturated heterocycles. The quantitative estimate of drug-likeness (QED) is 0.576. The molecule has 0 amide bonds.